The molecule has 0 aromatic heterocycles. The van der Waals surface area contributed by atoms with Crippen molar-refractivity contribution < 1.29 is 14.3 Å². The molecule has 0 spiro atoms. The lowest BCUT2D eigenvalue weighted by molar-refractivity contribution is -0.131. The van der Waals surface area contributed by atoms with Gasteiger partial charge < -0.3 is 5.11 Å². The molecule has 0 aliphatic rings. The third-order valence-electron chi connectivity index (χ3n) is 2.65. The first-order chi connectivity index (χ1) is 9.47. The van der Waals surface area contributed by atoms with Gasteiger partial charge in [-0.25, -0.2) is 9.18 Å². The summed E-state index contributed by atoms with van der Waals surface area (Å²) in [6.45, 7) is 0. The van der Waals surface area contributed by atoms with E-state index >= 15 is 0 Å². The predicted octanol–water partition coefficient (Wildman–Crippen LogP) is 4.90. The Hall–Kier alpha value is -1.84. The third-order valence-corrected chi connectivity index (χ3v) is 3.20. The lowest BCUT2D eigenvalue weighted by Crippen LogP contribution is -1.89. The van der Waals surface area contributed by atoms with Gasteiger partial charge in [-0.2, -0.15) is 0 Å². The lowest BCUT2D eigenvalue weighted by atomic mass is 10.0. The zero-order valence-corrected chi connectivity index (χ0v) is 11.6. The van der Waals surface area contributed by atoms with E-state index in [9.17, 15) is 9.18 Å². The third kappa shape index (κ3) is 3.38. The lowest BCUT2D eigenvalue weighted by Gasteiger charge is -2.06. The van der Waals surface area contributed by atoms with Gasteiger partial charge in [-0.3, -0.25) is 0 Å². The molecule has 0 unspecified atom stereocenters. The molecule has 0 saturated carbocycles. The second kappa shape index (κ2) is 6.07. The maximum atomic E-state index is 13.9. The standard InChI is InChI=1S/C15H9Cl2FO2/c16-11-4-5-12(13(17)8-11)10-2-1-9(14(18)7-10)3-6-15(19)20/h1-8H,(H,19,20)/b6-3+. The van der Waals surface area contributed by atoms with Crippen molar-refractivity contribution in [2.24, 2.45) is 0 Å². The molecule has 0 aliphatic carbocycles. The van der Waals surface area contributed by atoms with Gasteiger partial charge in [-0.15, -0.1) is 0 Å². The van der Waals surface area contributed by atoms with Gasteiger partial charge in [-0.1, -0.05) is 41.4 Å². The fourth-order valence-electron chi connectivity index (χ4n) is 1.71. The van der Waals surface area contributed by atoms with Gasteiger partial charge >= 0.3 is 5.97 Å². The van der Waals surface area contributed by atoms with Crippen molar-refractivity contribution in [1.82, 2.24) is 0 Å². The molecule has 0 bridgehead atoms. The minimum absolute atomic E-state index is 0.196. The average molecular weight is 311 g/mol. The fourth-order valence-corrected chi connectivity index (χ4v) is 2.23. The van der Waals surface area contributed by atoms with Crippen molar-refractivity contribution >= 4 is 35.2 Å². The highest BCUT2D eigenvalue weighted by Crippen LogP contribution is 2.31. The Morgan fingerprint density at radius 1 is 1.15 bits per heavy atom. The van der Waals surface area contributed by atoms with Crippen LogP contribution in [-0.2, 0) is 4.79 Å². The molecule has 0 saturated heterocycles. The summed E-state index contributed by atoms with van der Waals surface area (Å²) in [5.74, 6) is -1.65. The molecule has 5 heteroatoms. The summed E-state index contributed by atoms with van der Waals surface area (Å²) in [5, 5.41) is 9.44. The molecular formula is C15H9Cl2FO2. The number of aliphatic carboxylic acids is 1. The normalized spacial score (nSPS) is 10.9. The van der Waals surface area contributed by atoms with Crippen molar-refractivity contribution in [1.29, 1.82) is 0 Å². The first-order valence-corrected chi connectivity index (χ1v) is 6.39. The number of benzene rings is 2. The molecule has 2 aromatic rings. The van der Waals surface area contributed by atoms with Crippen molar-refractivity contribution in [2.75, 3.05) is 0 Å². The van der Waals surface area contributed by atoms with E-state index in [4.69, 9.17) is 28.3 Å². The summed E-state index contributed by atoms with van der Waals surface area (Å²) < 4.78 is 13.9. The summed E-state index contributed by atoms with van der Waals surface area (Å²) in [6, 6.07) is 9.41. The minimum Gasteiger partial charge on any atom is -0.478 e. The van der Waals surface area contributed by atoms with Crippen LogP contribution in [0.3, 0.4) is 0 Å². The highest BCUT2D eigenvalue weighted by atomic mass is 35.5. The Kier molecular flexibility index (Phi) is 4.42. The maximum absolute atomic E-state index is 13.9. The first kappa shape index (κ1) is 14.6. The molecule has 102 valence electrons. The summed E-state index contributed by atoms with van der Waals surface area (Å²) in [6.07, 6.45) is 2.08. The van der Waals surface area contributed by atoms with Crippen LogP contribution < -0.4 is 0 Å². The monoisotopic (exact) mass is 310 g/mol. The van der Waals surface area contributed by atoms with Crippen LogP contribution in [0.4, 0.5) is 4.39 Å². The smallest absolute Gasteiger partial charge is 0.328 e. The van der Waals surface area contributed by atoms with Crippen LogP contribution in [0.2, 0.25) is 10.0 Å². The molecule has 2 aromatic carbocycles. The van der Waals surface area contributed by atoms with Crippen LogP contribution in [0.25, 0.3) is 17.2 Å². The van der Waals surface area contributed by atoms with Crippen LogP contribution in [0.15, 0.2) is 42.5 Å². The number of carbonyl (C=O) groups is 1. The van der Waals surface area contributed by atoms with Crippen LogP contribution in [0, 0.1) is 5.82 Å². The van der Waals surface area contributed by atoms with Crippen LogP contribution in [0.5, 0.6) is 0 Å². The van der Waals surface area contributed by atoms with Crippen molar-refractivity contribution in [2.45, 2.75) is 0 Å². The SMILES string of the molecule is O=C(O)/C=C/c1ccc(-c2ccc(Cl)cc2Cl)cc1F. The molecule has 2 rings (SSSR count). The number of hydrogen-bond acceptors (Lipinski definition) is 1. The summed E-state index contributed by atoms with van der Waals surface area (Å²) in [4.78, 5) is 10.4. The molecule has 0 amide bonds. The van der Waals surface area contributed by atoms with E-state index in [2.05, 4.69) is 0 Å². The van der Waals surface area contributed by atoms with Gasteiger partial charge in [0.15, 0.2) is 0 Å². The Bertz CT molecular complexity index is 696. The molecular weight excluding hydrogens is 302 g/mol. The zero-order chi connectivity index (χ0) is 14.7. The minimum atomic E-state index is -1.13. The molecule has 20 heavy (non-hydrogen) atoms. The Morgan fingerprint density at radius 3 is 2.50 bits per heavy atom. The first-order valence-electron chi connectivity index (χ1n) is 5.63. The van der Waals surface area contributed by atoms with E-state index < -0.39 is 11.8 Å². The number of carboxylic acids is 1. The summed E-state index contributed by atoms with van der Waals surface area (Å²) in [5.41, 5.74) is 1.45. The molecule has 0 aliphatic heterocycles. The quantitative estimate of drug-likeness (QED) is 0.819. The number of rotatable bonds is 3. The molecule has 0 radical (unpaired) electrons. The summed E-state index contributed by atoms with van der Waals surface area (Å²) in [7, 11) is 0. The summed E-state index contributed by atoms with van der Waals surface area (Å²) >= 11 is 11.9. The Morgan fingerprint density at radius 2 is 1.90 bits per heavy atom. The van der Waals surface area contributed by atoms with E-state index in [-0.39, 0.29) is 5.56 Å². The van der Waals surface area contributed by atoms with E-state index in [0.29, 0.717) is 21.2 Å². The molecule has 1 N–H and O–H groups in total. The second-order valence-corrected chi connectivity index (χ2v) is 4.88. The topological polar surface area (TPSA) is 37.3 Å². The molecule has 0 heterocycles. The van der Waals surface area contributed by atoms with E-state index in [1.165, 1.54) is 18.2 Å². The van der Waals surface area contributed by atoms with Gasteiger partial charge in [0.25, 0.3) is 0 Å². The molecule has 0 fully saturated rings. The van der Waals surface area contributed by atoms with E-state index in [0.717, 1.165) is 6.08 Å². The Labute approximate surface area is 125 Å². The largest absolute Gasteiger partial charge is 0.478 e. The number of halogens is 3. The zero-order valence-electron chi connectivity index (χ0n) is 10.1. The molecule has 2 nitrogen and oxygen atoms in total. The van der Waals surface area contributed by atoms with Gasteiger partial charge in [0.1, 0.15) is 5.82 Å². The van der Waals surface area contributed by atoms with Crippen molar-refractivity contribution in [3.05, 3.63) is 63.9 Å². The predicted molar refractivity (Wildman–Crippen MR) is 78.5 cm³/mol. The van der Waals surface area contributed by atoms with Crippen LogP contribution >= 0.6 is 23.2 Å². The van der Waals surface area contributed by atoms with Crippen molar-refractivity contribution in [3.63, 3.8) is 0 Å². The number of carboxylic acid groups (broad SMARTS) is 1. The highest BCUT2D eigenvalue weighted by molar-refractivity contribution is 6.36. The second-order valence-electron chi connectivity index (χ2n) is 4.03. The number of hydrogen-bond donors (Lipinski definition) is 1. The van der Waals surface area contributed by atoms with Gasteiger partial charge in [-0.05, 0) is 29.8 Å². The maximum Gasteiger partial charge on any atom is 0.328 e. The van der Waals surface area contributed by atoms with E-state index in [1.807, 2.05) is 0 Å². The Balaban J connectivity index is 2.40. The van der Waals surface area contributed by atoms with E-state index in [1.54, 1.807) is 24.3 Å². The van der Waals surface area contributed by atoms with Gasteiger partial charge in [0, 0.05) is 27.2 Å². The van der Waals surface area contributed by atoms with Gasteiger partial charge in [0.2, 0.25) is 0 Å². The average Bonchev–Trinajstić information content (AvgIpc) is 2.37. The van der Waals surface area contributed by atoms with Gasteiger partial charge in [0.05, 0.1) is 0 Å². The van der Waals surface area contributed by atoms with Crippen LogP contribution in [0.1, 0.15) is 5.56 Å². The fraction of sp³-hybridized carbons (Fsp3) is 0. The molecule has 0 atom stereocenters. The van der Waals surface area contributed by atoms with Crippen molar-refractivity contribution in [3.8, 4) is 11.1 Å². The van der Waals surface area contributed by atoms with Crippen LogP contribution in [-0.4, -0.2) is 11.1 Å². The highest BCUT2D eigenvalue weighted by Gasteiger charge is 2.07.